The van der Waals surface area contributed by atoms with E-state index in [0.29, 0.717) is 4.90 Å². The summed E-state index contributed by atoms with van der Waals surface area (Å²) in [6, 6.07) is 16.4. The molecule has 3 unspecified atom stereocenters. The predicted octanol–water partition coefficient (Wildman–Crippen LogP) is 3.69. The normalized spacial score (nSPS) is 27.4. The topological polar surface area (TPSA) is 37.1 Å². The molecule has 3 rings (SSSR count). The van der Waals surface area contributed by atoms with Crippen molar-refractivity contribution in [3.8, 4) is 0 Å². The number of aryl methyl sites for hydroxylation is 1. The van der Waals surface area contributed by atoms with Crippen molar-refractivity contribution in [3.05, 3.63) is 78.4 Å². The first kappa shape index (κ1) is 15.0. The molecule has 1 aliphatic rings. The van der Waals surface area contributed by atoms with Gasteiger partial charge in [-0.3, -0.25) is 0 Å². The van der Waals surface area contributed by atoms with Crippen LogP contribution >= 0.6 is 0 Å². The van der Waals surface area contributed by atoms with Gasteiger partial charge in [0, 0.05) is 0 Å². The molecule has 0 amide bonds. The molecule has 3 atom stereocenters. The van der Waals surface area contributed by atoms with Gasteiger partial charge >= 0.3 is 0 Å². The molecule has 0 saturated carbocycles. The van der Waals surface area contributed by atoms with Crippen molar-refractivity contribution in [3.63, 3.8) is 0 Å². The minimum absolute atomic E-state index is 0.197. The van der Waals surface area contributed by atoms with Crippen LogP contribution in [0.15, 0.2) is 72.1 Å². The summed E-state index contributed by atoms with van der Waals surface area (Å²) in [5.74, 6) is 0. The van der Waals surface area contributed by atoms with Crippen LogP contribution in [0, 0.1) is 6.92 Å². The maximum Gasteiger partial charge on any atom is 0.244 e. The van der Waals surface area contributed by atoms with Crippen molar-refractivity contribution in [1.82, 2.24) is 4.31 Å². The molecule has 1 fully saturated rings. The Hall–Kier alpha value is -1.91. The number of benzene rings is 2. The number of hydrogen-bond donors (Lipinski definition) is 0. The zero-order valence-electron chi connectivity index (χ0n) is 12.7. The average Bonchev–Trinajstić information content (AvgIpc) is 3.16. The smallest absolute Gasteiger partial charge is 0.207 e. The van der Waals surface area contributed by atoms with E-state index in [1.807, 2.05) is 56.3 Å². The van der Waals surface area contributed by atoms with Gasteiger partial charge in [-0.1, -0.05) is 54.1 Å². The highest BCUT2D eigenvalue weighted by atomic mass is 32.2. The lowest BCUT2D eigenvalue weighted by atomic mass is 10.0. The lowest BCUT2D eigenvalue weighted by Crippen LogP contribution is -2.19. The van der Waals surface area contributed by atoms with Crippen LogP contribution in [0.25, 0.3) is 0 Å². The molecule has 1 aliphatic heterocycles. The van der Waals surface area contributed by atoms with Crippen molar-refractivity contribution >= 4 is 10.0 Å². The van der Waals surface area contributed by atoms with Crippen molar-refractivity contribution in [1.29, 1.82) is 0 Å². The van der Waals surface area contributed by atoms with Crippen LogP contribution in [0.1, 0.15) is 24.1 Å². The molecule has 0 radical (unpaired) electrons. The van der Waals surface area contributed by atoms with E-state index >= 15 is 0 Å². The molecule has 2 aromatic rings. The Bertz CT molecular complexity index is 797. The number of sulfonamides is 1. The van der Waals surface area contributed by atoms with Crippen molar-refractivity contribution in [2.24, 2.45) is 0 Å². The molecule has 0 aliphatic carbocycles. The second-order valence-electron chi connectivity index (χ2n) is 5.86. The summed E-state index contributed by atoms with van der Waals surface area (Å²) in [6.45, 7) is 7.68. The number of hydrogen-bond acceptors (Lipinski definition) is 2. The van der Waals surface area contributed by atoms with E-state index in [1.54, 1.807) is 18.2 Å². The summed E-state index contributed by atoms with van der Waals surface area (Å²) in [5.41, 5.74) is 1.45. The van der Waals surface area contributed by atoms with Gasteiger partial charge in [0.15, 0.2) is 0 Å². The Morgan fingerprint density at radius 3 is 2.23 bits per heavy atom. The summed E-state index contributed by atoms with van der Waals surface area (Å²) >= 11 is 0. The lowest BCUT2D eigenvalue weighted by molar-refractivity contribution is 0.537. The third kappa shape index (κ3) is 2.19. The Labute approximate surface area is 132 Å². The summed E-state index contributed by atoms with van der Waals surface area (Å²) in [6.07, 6.45) is 1.72. The Balaban J connectivity index is 2.03. The molecular weight excluding hydrogens is 294 g/mol. The Morgan fingerprint density at radius 2 is 1.68 bits per heavy atom. The molecule has 1 heterocycles. The second kappa shape index (κ2) is 5.07. The predicted molar refractivity (Wildman–Crippen MR) is 88.0 cm³/mol. The van der Waals surface area contributed by atoms with E-state index in [9.17, 15) is 8.42 Å². The fraction of sp³-hybridized carbons (Fsp3) is 0.222. The standard InChI is InChI=1S/C18H19NO2S/c1-4-18(3)17(15-8-6-5-7-9-15)19(18)22(20,21)16-12-10-14(2)11-13-16/h4-13,17H,1H2,2-3H3. The fourth-order valence-electron chi connectivity index (χ4n) is 2.91. The van der Waals surface area contributed by atoms with E-state index in [2.05, 4.69) is 6.58 Å². The Kier molecular flexibility index (Phi) is 3.46. The highest BCUT2D eigenvalue weighted by Gasteiger charge is 2.64. The summed E-state index contributed by atoms with van der Waals surface area (Å²) in [4.78, 5) is 0.324. The molecular formula is C18H19NO2S. The number of rotatable bonds is 4. The van der Waals surface area contributed by atoms with Crippen LogP contribution in [0.4, 0.5) is 0 Å². The van der Waals surface area contributed by atoms with E-state index in [1.165, 1.54) is 4.31 Å². The summed E-state index contributed by atoms with van der Waals surface area (Å²) in [5, 5.41) is 0. The van der Waals surface area contributed by atoms with Crippen LogP contribution < -0.4 is 0 Å². The zero-order chi connectivity index (χ0) is 16.0. The first-order valence-corrected chi connectivity index (χ1v) is 8.65. The average molecular weight is 313 g/mol. The SMILES string of the molecule is C=CC1(C)C(c2ccccc2)N1S(=O)(=O)c1ccc(C)cc1. The molecule has 0 aromatic heterocycles. The molecule has 114 valence electrons. The van der Waals surface area contributed by atoms with Crippen LogP contribution in [0.5, 0.6) is 0 Å². The summed E-state index contributed by atoms with van der Waals surface area (Å²) < 4.78 is 27.4. The first-order valence-electron chi connectivity index (χ1n) is 7.21. The van der Waals surface area contributed by atoms with Gasteiger partial charge in [0.05, 0.1) is 16.5 Å². The molecule has 0 N–H and O–H groups in total. The van der Waals surface area contributed by atoms with Gasteiger partial charge in [0.25, 0.3) is 0 Å². The fourth-order valence-corrected chi connectivity index (χ4v) is 4.87. The maximum absolute atomic E-state index is 12.9. The van der Waals surface area contributed by atoms with Gasteiger partial charge in [-0.05, 0) is 31.5 Å². The van der Waals surface area contributed by atoms with Gasteiger partial charge < -0.3 is 0 Å². The van der Waals surface area contributed by atoms with Gasteiger partial charge in [-0.2, -0.15) is 4.31 Å². The van der Waals surface area contributed by atoms with E-state index in [-0.39, 0.29) is 6.04 Å². The molecule has 2 aromatic carbocycles. The highest BCUT2D eigenvalue weighted by Crippen LogP contribution is 2.57. The van der Waals surface area contributed by atoms with E-state index < -0.39 is 15.6 Å². The lowest BCUT2D eigenvalue weighted by Gasteiger charge is -2.09. The second-order valence-corrected chi connectivity index (χ2v) is 7.67. The molecule has 4 heteroatoms. The number of nitrogens with zero attached hydrogens (tertiary/aromatic N) is 1. The third-order valence-electron chi connectivity index (χ3n) is 4.30. The minimum Gasteiger partial charge on any atom is -0.207 e. The van der Waals surface area contributed by atoms with Crippen LogP contribution in [0.2, 0.25) is 0 Å². The highest BCUT2D eigenvalue weighted by molar-refractivity contribution is 7.89. The van der Waals surface area contributed by atoms with Gasteiger partial charge in [0.1, 0.15) is 0 Å². The third-order valence-corrected chi connectivity index (χ3v) is 6.29. The van der Waals surface area contributed by atoms with Gasteiger partial charge in [-0.15, -0.1) is 6.58 Å². The molecule has 3 nitrogen and oxygen atoms in total. The maximum atomic E-state index is 12.9. The largest absolute Gasteiger partial charge is 0.244 e. The molecule has 0 bridgehead atoms. The Morgan fingerprint density at radius 1 is 1.09 bits per heavy atom. The van der Waals surface area contributed by atoms with Gasteiger partial charge in [-0.25, -0.2) is 8.42 Å². The van der Waals surface area contributed by atoms with E-state index in [4.69, 9.17) is 0 Å². The molecule has 0 spiro atoms. The molecule has 1 saturated heterocycles. The minimum atomic E-state index is -3.54. The van der Waals surface area contributed by atoms with Crippen LogP contribution in [0.3, 0.4) is 0 Å². The van der Waals surface area contributed by atoms with Crippen LogP contribution in [-0.2, 0) is 10.0 Å². The first-order chi connectivity index (χ1) is 10.4. The van der Waals surface area contributed by atoms with Crippen molar-refractivity contribution in [2.75, 3.05) is 0 Å². The monoisotopic (exact) mass is 313 g/mol. The zero-order valence-corrected chi connectivity index (χ0v) is 13.5. The van der Waals surface area contributed by atoms with Crippen LogP contribution in [-0.4, -0.2) is 18.3 Å². The summed E-state index contributed by atoms with van der Waals surface area (Å²) in [7, 11) is -3.54. The van der Waals surface area contributed by atoms with Crippen molar-refractivity contribution in [2.45, 2.75) is 30.3 Å². The van der Waals surface area contributed by atoms with Crippen molar-refractivity contribution < 1.29 is 8.42 Å². The van der Waals surface area contributed by atoms with E-state index in [0.717, 1.165) is 11.1 Å². The quantitative estimate of drug-likeness (QED) is 0.638. The molecule has 22 heavy (non-hydrogen) atoms. The van der Waals surface area contributed by atoms with Gasteiger partial charge in [0.2, 0.25) is 10.0 Å².